The lowest BCUT2D eigenvalue weighted by Crippen LogP contribution is -2.38. The molecule has 0 aromatic carbocycles. The number of aromatic nitrogens is 2. The Labute approximate surface area is 128 Å². The number of piperidine rings is 1. The maximum absolute atomic E-state index is 12.6. The van der Waals surface area contributed by atoms with Crippen LogP contribution in [0.25, 0.3) is 0 Å². The van der Waals surface area contributed by atoms with Gasteiger partial charge >= 0.3 is 0 Å². The van der Waals surface area contributed by atoms with Crippen molar-refractivity contribution in [2.75, 3.05) is 13.1 Å². The SMILES string of the molecule is CC1CCN(C(=O)c2n[nH]c(C3CC3)c2S(=O)(=O)Cl)CC1. The first-order chi connectivity index (χ1) is 9.88. The van der Waals surface area contributed by atoms with Crippen molar-refractivity contribution in [3.8, 4) is 0 Å². The van der Waals surface area contributed by atoms with Crippen LogP contribution in [0.3, 0.4) is 0 Å². The minimum atomic E-state index is -3.99. The number of hydrogen-bond acceptors (Lipinski definition) is 4. The number of amides is 1. The van der Waals surface area contributed by atoms with Crippen molar-refractivity contribution in [2.45, 2.75) is 43.4 Å². The van der Waals surface area contributed by atoms with Crippen molar-refractivity contribution in [1.29, 1.82) is 0 Å². The topological polar surface area (TPSA) is 83.1 Å². The van der Waals surface area contributed by atoms with Gasteiger partial charge in [-0.25, -0.2) is 8.42 Å². The van der Waals surface area contributed by atoms with Crippen molar-refractivity contribution >= 4 is 25.6 Å². The Morgan fingerprint density at radius 2 is 1.90 bits per heavy atom. The molecule has 0 bridgehead atoms. The number of aromatic amines is 1. The lowest BCUT2D eigenvalue weighted by molar-refractivity contribution is 0.0687. The Hall–Kier alpha value is -1.08. The number of rotatable bonds is 3. The molecule has 3 rings (SSSR count). The molecule has 1 aliphatic heterocycles. The first-order valence-corrected chi connectivity index (χ1v) is 9.51. The highest BCUT2D eigenvalue weighted by molar-refractivity contribution is 8.13. The van der Waals surface area contributed by atoms with Crippen molar-refractivity contribution in [3.05, 3.63) is 11.4 Å². The Bertz CT molecular complexity index is 658. The molecule has 1 amide bonds. The van der Waals surface area contributed by atoms with Gasteiger partial charge in [0.1, 0.15) is 4.90 Å². The zero-order valence-corrected chi connectivity index (χ0v) is 13.4. The molecule has 6 nitrogen and oxygen atoms in total. The summed E-state index contributed by atoms with van der Waals surface area (Å²) in [6, 6.07) is 0. The van der Waals surface area contributed by atoms with Crippen LogP contribution in [0.1, 0.15) is 54.7 Å². The molecular formula is C13H18ClN3O3S. The first-order valence-electron chi connectivity index (χ1n) is 7.20. The summed E-state index contributed by atoms with van der Waals surface area (Å²) in [6.07, 6.45) is 3.65. The first kappa shape index (κ1) is 14.8. The van der Waals surface area contributed by atoms with E-state index < -0.39 is 9.05 Å². The standard InChI is InChI=1S/C13H18ClN3O3S/c1-8-4-6-17(7-5-8)13(18)11-12(21(14,19)20)10(15-16-11)9-2-3-9/h8-9H,2-7H2,1H3,(H,15,16). The second-order valence-electron chi connectivity index (χ2n) is 6.00. The summed E-state index contributed by atoms with van der Waals surface area (Å²) in [5, 5.41) is 6.67. The van der Waals surface area contributed by atoms with Crippen LogP contribution in [0.15, 0.2) is 4.90 Å². The van der Waals surface area contributed by atoms with E-state index in [4.69, 9.17) is 10.7 Å². The third-order valence-corrected chi connectivity index (χ3v) is 5.61. The summed E-state index contributed by atoms with van der Waals surface area (Å²) < 4.78 is 23.7. The van der Waals surface area contributed by atoms with Gasteiger partial charge in [0.2, 0.25) is 0 Å². The van der Waals surface area contributed by atoms with Crippen LogP contribution >= 0.6 is 10.7 Å². The average molecular weight is 332 g/mol. The van der Waals surface area contributed by atoms with Crippen molar-refractivity contribution in [1.82, 2.24) is 15.1 Å². The highest BCUT2D eigenvalue weighted by Gasteiger charge is 2.37. The molecule has 1 saturated heterocycles. The van der Waals surface area contributed by atoms with Crippen LogP contribution < -0.4 is 0 Å². The van der Waals surface area contributed by atoms with Crippen LogP contribution in [0.2, 0.25) is 0 Å². The summed E-state index contributed by atoms with van der Waals surface area (Å²) in [7, 11) is 1.54. The molecule has 1 aromatic rings. The number of nitrogens with zero attached hydrogens (tertiary/aromatic N) is 2. The van der Waals surface area contributed by atoms with E-state index >= 15 is 0 Å². The Morgan fingerprint density at radius 1 is 1.29 bits per heavy atom. The van der Waals surface area contributed by atoms with Gasteiger partial charge in [0.05, 0.1) is 5.69 Å². The fraction of sp³-hybridized carbons (Fsp3) is 0.692. The molecule has 8 heteroatoms. The fourth-order valence-electron chi connectivity index (χ4n) is 2.75. The Balaban J connectivity index is 1.93. The highest BCUT2D eigenvalue weighted by Crippen LogP contribution is 2.43. The molecule has 1 saturated carbocycles. The van der Waals surface area contributed by atoms with Crippen LogP contribution in [-0.4, -0.2) is 42.5 Å². The molecule has 1 N–H and O–H groups in total. The summed E-state index contributed by atoms with van der Waals surface area (Å²) >= 11 is 0. The van der Waals surface area contributed by atoms with E-state index in [1.165, 1.54) is 0 Å². The Morgan fingerprint density at radius 3 is 2.43 bits per heavy atom. The zero-order valence-electron chi connectivity index (χ0n) is 11.8. The third kappa shape index (κ3) is 2.94. The van der Waals surface area contributed by atoms with Gasteiger partial charge in [0.15, 0.2) is 5.69 Å². The second kappa shape index (κ2) is 5.28. The van der Waals surface area contributed by atoms with Crippen molar-refractivity contribution in [2.24, 2.45) is 5.92 Å². The summed E-state index contributed by atoms with van der Waals surface area (Å²) in [6.45, 7) is 3.41. The van der Waals surface area contributed by atoms with Gasteiger partial charge in [-0.2, -0.15) is 5.10 Å². The van der Waals surface area contributed by atoms with E-state index in [0.29, 0.717) is 24.7 Å². The minimum absolute atomic E-state index is 0.0542. The summed E-state index contributed by atoms with van der Waals surface area (Å²) in [5.41, 5.74) is 0.431. The van der Waals surface area contributed by atoms with Gasteiger partial charge in [-0.3, -0.25) is 9.89 Å². The molecule has 2 fully saturated rings. The molecular weight excluding hydrogens is 314 g/mol. The monoisotopic (exact) mass is 331 g/mol. The smallest absolute Gasteiger partial charge is 0.275 e. The van der Waals surface area contributed by atoms with E-state index in [-0.39, 0.29) is 22.4 Å². The molecule has 21 heavy (non-hydrogen) atoms. The normalized spacial score (nSPS) is 20.8. The molecule has 0 unspecified atom stereocenters. The highest BCUT2D eigenvalue weighted by atomic mass is 35.7. The van der Waals surface area contributed by atoms with Gasteiger partial charge < -0.3 is 4.90 Å². The number of likely N-dealkylation sites (tertiary alicyclic amines) is 1. The van der Waals surface area contributed by atoms with E-state index in [1.54, 1.807) is 4.90 Å². The second-order valence-corrected chi connectivity index (χ2v) is 8.50. The molecule has 116 valence electrons. The quantitative estimate of drug-likeness (QED) is 0.860. The predicted octanol–water partition coefficient (Wildman–Crippen LogP) is 2.09. The van der Waals surface area contributed by atoms with Gasteiger partial charge in [-0.1, -0.05) is 6.92 Å². The summed E-state index contributed by atoms with van der Waals surface area (Å²) in [5.74, 6) is 0.375. The van der Waals surface area contributed by atoms with E-state index in [9.17, 15) is 13.2 Å². The van der Waals surface area contributed by atoms with Gasteiger partial charge in [0, 0.05) is 29.7 Å². The van der Waals surface area contributed by atoms with Gasteiger partial charge in [0.25, 0.3) is 15.0 Å². The molecule has 0 atom stereocenters. The largest absolute Gasteiger partial charge is 0.337 e. The number of carbonyl (C=O) groups is 1. The number of hydrogen-bond donors (Lipinski definition) is 1. The Kier molecular flexibility index (Phi) is 3.73. The van der Waals surface area contributed by atoms with E-state index in [0.717, 1.165) is 25.7 Å². The fourth-order valence-corrected chi connectivity index (χ4v) is 4.05. The number of carbonyl (C=O) groups excluding carboxylic acids is 1. The van der Waals surface area contributed by atoms with Crippen LogP contribution in [0, 0.1) is 5.92 Å². The van der Waals surface area contributed by atoms with E-state index in [1.807, 2.05) is 0 Å². The zero-order chi connectivity index (χ0) is 15.2. The molecule has 0 radical (unpaired) electrons. The van der Waals surface area contributed by atoms with Crippen molar-refractivity contribution in [3.63, 3.8) is 0 Å². The van der Waals surface area contributed by atoms with Gasteiger partial charge in [-0.15, -0.1) is 0 Å². The average Bonchev–Trinajstić information content (AvgIpc) is 3.16. The molecule has 2 aliphatic rings. The molecule has 1 aromatic heterocycles. The molecule has 0 spiro atoms. The lowest BCUT2D eigenvalue weighted by atomic mass is 9.99. The van der Waals surface area contributed by atoms with Crippen LogP contribution in [0.4, 0.5) is 0 Å². The minimum Gasteiger partial charge on any atom is -0.337 e. The summed E-state index contributed by atoms with van der Waals surface area (Å²) in [4.78, 5) is 14.1. The van der Waals surface area contributed by atoms with Crippen molar-refractivity contribution < 1.29 is 13.2 Å². The maximum atomic E-state index is 12.6. The molecule has 1 aliphatic carbocycles. The van der Waals surface area contributed by atoms with Crippen LogP contribution in [-0.2, 0) is 9.05 Å². The number of H-pyrrole nitrogens is 1. The number of halogens is 1. The predicted molar refractivity (Wildman–Crippen MR) is 77.9 cm³/mol. The van der Waals surface area contributed by atoms with Gasteiger partial charge in [-0.05, 0) is 31.6 Å². The maximum Gasteiger partial charge on any atom is 0.275 e. The number of nitrogens with one attached hydrogen (secondary N) is 1. The van der Waals surface area contributed by atoms with Crippen LogP contribution in [0.5, 0.6) is 0 Å². The van der Waals surface area contributed by atoms with E-state index in [2.05, 4.69) is 17.1 Å². The molecule has 2 heterocycles. The lowest BCUT2D eigenvalue weighted by Gasteiger charge is -2.29. The third-order valence-electron chi connectivity index (χ3n) is 4.25.